The van der Waals surface area contributed by atoms with Gasteiger partial charge in [0.1, 0.15) is 18.1 Å². The first kappa shape index (κ1) is 44.3. The van der Waals surface area contributed by atoms with E-state index in [-0.39, 0.29) is 35.8 Å². The number of aliphatic hydroxyl groups excluding tert-OH is 1. The van der Waals surface area contributed by atoms with Crippen LogP contribution >= 0.6 is 0 Å². The van der Waals surface area contributed by atoms with Crippen LogP contribution in [-0.4, -0.2) is 149 Å². The first-order valence-electron chi connectivity index (χ1n) is 21.1. The van der Waals surface area contributed by atoms with Crippen molar-refractivity contribution in [3.05, 3.63) is 42.1 Å². The molecule has 0 saturated carbocycles. The van der Waals surface area contributed by atoms with E-state index in [0.717, 1.165) is 23.7 Å². The Labute approximate surface area is 344 Å². The highest BCUT2D eigenvalue weighted by molar-refractivity contribution is 6.00. The molecule has 0 spiro atoms. The summed E-state index contributed by atoms with van der Waals surface area (Å²) in [6, 6.07) is 9.29. The SMILES string of the molecule is CO[C@@]1(C)C[C@@H](C)C2[C@H](C)C3N(C(=O)O[C@]3(C)[C@@H](C)OC(=O)[C@H](C)C(=O)[C@H](C)[C@H]1OC1O[C@H](C)C[C@H](N(C)C)[C@H]1O)N(CCCc1ccnc3ccccc13)CN2C. The Balaban J connectivity index is 1.37. The molecule has 14 nitrogen and oxygen atoms in total. The highest BCUT2D eigenvalue weighted by Gasteiger charge is 2.63. The van der Waals surface area contributed by atoms with Crippen molar-refractivity contribution >= 4 is 28.7 Å². The van der Waals surface area contributed by atoms with E-state index in [1.165, 1.54) is 5.56 Å². The molecule has 3 unspecified atom stereocenters. The fourth-order valence-electron chi connectivity index (χ4n) is 10.7. The summed E-state index contributed by atoms with van der Waals surface area (Å²) in [6.45, 7) is 16.1. The molecule has 4 aliphatic heterocycles. The van der Waals surface area contributed by atoms with E-state index in [0.29, 0.717) is 26.1 Å². The summed E-state index contributed by atoms with van der Waals surface area (Å²) in [5.41, 5.74) is -0.186. The van der Waals surface area contributed by atoms with Gasteiger partial charge in [-0.3, -0.25) is 19.5 Å². The molecule has 4 aliphatic rings. The molecule has 1 aromatic heterocycles. The highest BCUT2D eigenvalue weighted by Crippen LogP contribution is 2.46. The number of amides is 1. The molecular formula is C44H67N5O9. The topological polar surface area (TPSA) is 143 Å². The number of esters is 1. The molecule has 1 N–H and O–H groups in total. The number of carbonyl (C=O) groups is 3. The van der Waals surface area contributed by atoms with Crippen LogP contribution in [0, 0.1) is 23.7 Å². The second-order valence-corrected chi connectivity index (χ2v) is 18.2. The van der Waals surface area contributed by atoms with Crippen LogP contribution in [0.25, 0.3) is 10.9 Å². The largest absolute Gasteiger partial charge is 0.458 e. The maximum Gasteiger partial charge on any atom is 0.425 e. The Bertz CT molecular complexity index is 1790. The van der Waals surface area contributed by atoms with Crippen molar-refractivity contribution in [1.29, 1.82) is 0 Å². The number of methoxy groups -OCH3 is 1. The Morgan fingerprint density at radius 1 is 1.03 bits per heavy atom. The third-order valence-corrected chi connectivity index (χ3v) is 13.9. The maximum atomic E-state index is 14.4. The van der Waals surface area contributed by atoms with Gasteiger partial charge in [-0.25, -0.2) is 14.8 Å². The first-order chi connectivity index (χ1) is 27.3. The number of Topliss-reactive ketones (excluding diaryl/α,β-unsaturated/α-hetero) is 1. The number of hydrogen-bond donors (Lipinski definition) is 1. The number of benzene rings is 1. The summed E-state index contributed by atoms with van der Waals surface area (Å²) in [5, 5.41) is 16.5. The van der Waals surface area contributed by atoms with Crippen molar-refractivity contribution in [2.45, 2.75) is 141 Å². The van der Waals surface area contributed by atoms with Crippen LogP contribution in [0.3, 0.4) is 0 Å². The van der Waals surface area contributed by atoms with Crippen molar-refractivity contribution in [3.63, 3.8) is 0 Å². The third-order valence-electron chi connectivity index (χ3n) is 13.9. The van der Waals surface area contributed by atoms with Gasteiger partial charge in [-0.2, -0.15) is 0 Å². The minimum absolute atomic E-state index is 0.0767. The number of aromatic nitrogens is 1. The molecule has 1 amide bonds. The zero-order chi connectivity index (χ0) is 42.4. The molecule has 2 aromatic rings. The van der Waals surface area contributed by atoms with E-state index in [4.69, 9.17) is 23.7 Å². The van der Waals surface area contributed by atoms with Crippen molar-refractivity contribution in [2.75, 3.05) is 41.5 Å². The Kier molecular flexibility index (Phi) is 13.3. The van der Waals surface area contributed by atoms with Crippen LogP contribution in [0.2, 0.25) is 0 Å². The van der Waals surface area contributed by atoms with Gasteiger partial charge in [0.2, 0.25) is 0 Å². The summed E-state index contributed by atoms with van der Waals surface area (Å²) in [6.07, 6.45) is -0.110. The van der Waals surface area contributed by atoms with Crippen LogP contribution < -0.4 is 0 Å². The number of ketones is 1. The van der Waals surface area contributed by atoms with Crippen LogP contribution in [0.5, 0.6) is 0 Å². The van der Waals surface area contributed by atoms with E-state index in [2.05, 4.69) is 47.9 Å². The highest BCUT2D eigenvalue weighted by atomic mass is 16.7. The van der Waals surface area contributed by atoms with E-state index < -0.39 is 65.7 Å². The lowest BCUT2D eigenvalue weighted by molar-refractivity contribution is -0.296. The van der Waals surface area contributed by atoms with Gasteiger partial charge in [0.25, 0.3) is 0 Å². The second-order valence-electron chi connectivity index (χ2n) is 18.2. The van der Waals surface area contributed by atoms with Crippen molar-refractivity contribution in [2.24, 2.45) is 23.7 Å². The molecule has 1 aromatic carbocycles. The number of nitrogens with zero attached hydrogens (tertiary/aromatic N) is 5. The van der Waals surface area contributed by atoms with Crippen LogP contribution in [-0.2, 0) is 39.7 Å². The summed E-state index contributed by atoms with van der Waals surface area (Å²) >= 11 is 0. The average molecular weight is 810 g/mol. The molecule has 4 saturated heterocycles. The van der Waals surface area contributed by atoms with Crippen molar-refractivity contribution < 1.29 is 43.2 Å². The van der Waals surface area contributed by atoms with Gasteiger partial charge in [0, 0.05) is 43.2 Å². The number of carbonyl (C=O) groups excluding carboxylic acids is 3. The molecule has 2 bridgehead atoms. The zero-order valence-corrected chi connectivity index (χ0v) is 36.6. The molecule has 14 heteroatoms. The molecule has 4 fully saturated rings. The summed E-state index contributed by atoms with van der Waals surface area (Å²) in [4.78, 5) is 51.4. The zero-order valence-electron chi connectivity index (χ0n) is 36.6. The molecule has 5 heterocycles. The number of hydrogen-bond acceptors (Lipinski definition) is 13. The number of aliphatic hydroxyl groups is 1. The van der Waals surface area contributed by atoms with Crippen molar-refractivity contribution in [1.82, 2.24) is 24.8 Å². The van der Waals surface area contributed by atoms with E-state index >= 15 is 0 Å². The van der Waals surface area contributed by atoms with Crippen LogP contribution in [0.4, 0.5) is 4.79 Å². The number of pyridine rings is 1. The van der Waals surface area contributed by atoms with E-state index in [1.54, 1.807) is 32.9 Å². The fourth-order valence-corrected chi connectivity index (χ4v) is 10.7. The minimum Gasteiger partial charge on any atom is -0.458 e. The molecule has 6 rings (SSSR count). The number of cyclic esters (lactones) is 1. The number of aryl methyl sites for hydroxylation is 1. The number of likely N-dealkylation sites (N-methyl/N-ethyl adjacent to an activating group) is 1. The van der Waals surface area contributed by atoms with Crippen molar-refractivity contribution in [3.8, 4) is 0 Å². The summed E-state index contributed by atoms with van der Waals surface area (Å²) in [7, 11) is 7.52. The number of rotatable bonds is 8. The van der Waals surface area contributed by atoms with Gasteiger partial charge < -0.3 is 33.7 Å². The van der Waals surface area contributed by atoms with Crippen LogP contribution in [0.1, 0.15) is 80.2 Å². The predicted molar refractivity (Wildman–Crippen MR) is 218 cm³/mol. The van der Waals surface area contributed by atoms with E-state index in [9.17, 15) is 19.5 Å². The van der Waals surface area contributed by atoms with Gasteiger partial charge in [-0.1, -0.05) is 39.0 Å². The molecule has 58 heavy (non-hydrogen) atoms. The van der Waals surface area contributed by atoms with Gasteiger partial charge in [0.15, 0.2) is 17.7 Å². The smallest absolute Gasteiger partial charge is 0.425 e. The number of hydrazine groups is 1. The summed E-state index contributed by atoms with van der Waals surface area (Å²) in [5.74, 6) is -3.38. The van der Waals surface area contributed by atoms with E-state index in [1.807, 2.05) is 64.2 Å². The normalized spacial score (nSPS) is 39.7. The Morgan fingerprint density at radius 3 is 2.43 bits per heavy atom. The van der Waals surface area contributed by atoms with Crippen LogP contribution in [0.15, 0.2) is 36.5 Å². The lowest BCUT2D eigenvalue weighted by Gasteiger charge is -2.48. The molecule has 322 valence electrons. The predicted octanol–water partition coefficient (Wildman–Crippen LogP) is 4.90. The third kappa shape index (κ3) is 8.27. The standard InChI is InChI=1S/C44H67N5O9/c1-25-23-43(7,54-12)39(57-41-37(51)34(46(9)10)22-26(2)55-41)28(4)36(50)29(5)40(52)56-30(6)44(8)38-27(3)35(25)47(11)24-48(49(38)42(53)58-44)21-15-16-31-19-20-45-33-18-14-13-17-32(31)33/h13-14,17-20,25-30,34-35,37-39,41,51H,15-16,21-24H2,1-12H3/t25-,26-,27+,28+,29-,30-,34+,35?,37-,38?,39-,41?,43+,44-/m1/s1. The average Bonchev–Trinajstić information content (AvgIpc) is 3.39. The molecule has 14 atom stereocenters. The first-order valence-corrected chi connectivity index (χ1v) is 21.1. The number of para-hydroxylation sites is 1. The summed E-state index contributed by atoms with van der Waals surface area (Å²) < 4.78 is 31.9. The van der Waals surface area contributed by atoms with Gasteiger partial charge in [-0.15, -0.1) is 0 Å². The fraction of sp³-hybridized carbons (Fsp3) is 0.727. The maximum absolute atomic E-state index is 14.4. The quantitative estimate of drug-likeness (QED) is 0.286. The number of ether oxygens (including phenoxy) is 5. The second kappa shape index (κ2) is 17.4. The van der Waals surface area contributed by atoms with Gasteiger partial charge >= 0.3 is 12.1 Å². The van der Waals surface area contributed by atoms with Gasteiger partial charge in [0.05, 0.1) is 36.0 Å². The Morgan fingerprint density at radius 2 is 1.74 bits per heavy atom. The monoisotopic (exact) mass is 809 g/mol. The lowest BCUT2D eigenvalue weighted by Crippen LogP contribution is -2.61. The molecule has 0 aliphatic carbocycles. The number of fused-ring (bicyclic) bond motifs is 2. The van der Waals surface area contributed by atoms with Gasteiger partial charge in [-0.05, 0) is 111 Å². The Hall–Kier alpha value is -3.24. The molecular weight excluding hydrogens is 743 g/mol. The lowest BCUT2D eigenvalue weighted by atomic mass is 9.72. The minimum atomic E-state index is -1.24. The molecule has 0 radical (unpaired) electrons.